The van der Waals surface area contributed by atoms with Gasteiger partial charge in [0.15, 0.2) is 0 Å². The van der Waals surface area contributed by atoms with Gasteiger partial charge in [0.2, 0.25) is 0 Å². The van der Waals surface area contributed by atoms with Crippen molar-refractivity contribution in [2.75, 3.05) is 26.3 Å². The second-order valence-corrected chi connectivity index (χ2v) is 7.41. The van der Waals surface area contributed by atoms with E-state index in [0.29, 0.717) is 18.7 Å². The molecule has 0 spiro atoms. The van der Waals surface area contributed by atoms with Crippen molar-refractivity contribution < 1.29 is 29.3 Å². The van der Waals surface area contributed by atoms with E-state index in [9.17, 15) is 14.7 Å². The van der Waals surface area contributed by atoms with Gasteiger partial charge in [-0.2, -0.15) is 0 Å². The molecular weight excluding hydrogens is 338 g/mol. The van der Waals surface area contributed by atoms with Gasteiger partial charge in [0.1, 0.15) is 18.0 Å². The lowest BCUT2D eigenvalue weighted by Crippen LogP contribution is -2.47. The molecule has 7 heteroatoms. The number of ether oxygens (including phenoxy) is 2. The zero-order valence-corrected chi connectivity index (χ0v) is 15.5. The topological polar surface area (TPSA) is 96.3 Å². The van der Waals surface area contributed by atoms with Crippen LogP contribution in [-0.2, 0) is 9.53 Å². The van der Waals surface area contributed by atoms with E-state index in [0.717, 1.165) is 5.56 Å². The lowest BCUT2D eigenvalue weighted by atomic mass is 9.80. The lowest BCUT2D eigenvalue weighted by molar-refractivity contribution is -0.144. The van der Waals surface area contributed by atoms with Crippen LogP contribution in [0.2, 0.25) is 0 Å². The van der Waals surface area contributed by atoms with Crippen LogP contribution in [-0.4, -0.2) is 59.1 Å². The molecule has 0 aromatic heterocycles. The maximum Gasteiger partial charge on any atom is 0.410 e. The average molecular weight is 365 g/mol. The minimum atomic E-state index is -0.927. The molecule has 1 aromatic rings. The molecule has 1 heterocycles. The smallest absolute Gasteiger partial charge is 0.410 e. The van der Waals surface area contributed by atoms with E-state index in [1.807, 2.05) is 12.1 Å². The number of carboxylic acids is 1. The maximum absolute atomic E-state index is 12.2. The number of aliphatic hydroxyl groups is 1. The Morgan fingerprint density at radius 1 is 1.23 bits per heavy atom. The summed E-state index contributed by atoms with van der Waals surface area (Å²) in [5, 5.41) is 18.4. The van der Waals surface area contributed by atoms with Gasteiger partial charge in [0.25, 0.3) is 0 Å². The molecule has 2 atom stereocenters. The van der Waals surface area contributed by atoms with Crippen LogP contribution in [0.15, 0.2) is 24.3 Å². The fourth-order valence-corrected chi connectivity index (χ4v) is 3.07. The lowest BCUT2D eigenvalue weighted by Gasteiger charge is -2.37. The number of carbonyl (C=O) groups excluding carboxylic acids is 1. The minimum Gasteiger partial charge on any atom is -0.491 e. The maximum atomic E-state index is 12.2. The normalized spacial score (nSPS) is 20.5. The van der Waals surface area contributed by atoms with Gasteiger partial charge in [-0.05, 0) is 44.9 Å². The molecule has 0 radical (unpaired) electrons. The second-order valence-electron chi connectivity index (χ2n) is 7.41. The second kappa shape index (κ2) is 8.40. The predicted octanol–water partition coefficient (Wildman–Crippen LogP) is 2.48. The Balaban J connectivity index is 2.08. The van der Waals surface area contributed by atoms with Crippen molar-refractivity contribution >= 4 is 12.1 Å². The van der Waals surface area contributed by atoms with Gasteiger partial charge >= 0.3 is 12.1 Å². The number of piperidine rings is 1. The van der Waals surface area contributed by atoms with Crippen molar-refractivity contribution in [3.05, 3.63) is 29.8 Å². The predicted molar refractivity (Wildman–Crippen MR) is 95.3 cm³/mol. The molecule has 1 fully saturated rings. The van der Waals surface area contributed by atoms with Crippen LogP contribution >= 0.6 is 0 Å². The zero-order chi connectivity index (χ0) is 19.3. The number of carbonyl (C=O) groups is 2. The van der Waals surface area contributed by atoms with Gasteiger partial charge in [-0.3, -0.25) is 4.79 Å². The van der Waals surface area contributed by atoms with Crippen molar-refractivity contribution in [2.24, 2.45) is 5.92 Å². The first-order chi connectivity index (χ1) is 12.2. The number of benzene rings is 1. The number of aliphatic hydroxyl groups excluding tert-OH is 1. The largest absolute Gasteiger partial charge is 0.491 e. The summed E-state index contributed by atoms with van der Waals surface area (Å²) in [6, 6.07) is 7.22. The van der Waals surface area contributed by atoms with Crippen LogP contribution in [0.4, 0.5) is 4.79 Å². The van der Waals surface area contributed by atoms with Crippen molar-refractivity contribution in [2.45, 2.75) is 38.7 Å². The van der Waals surface area contributed by atoms with Gasteiger partial charge < -0.3 is 24.6 Å². The third kappa shape index (κ3) is 5.36. The Morgan fingerprint density at radius 3 is 2.42 bits per heavy atom. The van der Waals surface area contributed by atoms with E-state index in [2.05, 4.69) is 0 Å². The van der Waals surface area contributed by atoms with Crippen molar-refractivity contribution in [3.8, 4) is 5.75 Å². The highest BCUT2D eigenvalue weighted by molar-refractivity contribution is 5.74. The van der Waals surface area contributed by atoms with E-state index in [4.69, 9.17) is 14.6 Å². The number of aliphatic carboxylic acids is 1. The molecule has 1 aliphatic heterocycles. The molecule has 144 valence electrons. The SMILES string of the molecule is CC(C)(C)OC(=O)N1CC[C@H](c2ccc(OCCO)cc2)[C@@H](C(=O)O)C1. The Bertz CT molecular complexity index is 622. The minimum absolute atomic E-state index is 0.0635. The first-order valence-corrected chi connectivity index (χ1v) is 8.75. The van der Waals surface area contributed by atoms with Crippen LogP contribution in [0, 0.1) is 5.92 Å². The fourth-order valence-electron chi connectivity index (χ4n) is 3.07. The molecule has 2 rings (SSSR count). The highest BCUT2D eigenvalue weighted by Crippen LogP contribution is 2.34. The summed E-state index contributed by atoms with van der Waals surface area (Å²) >= 11 is 0. The van der Waals surface area contributed by atoms with Crippen molar-refractivity contribution in [3.63, 3.8) is 0 Å². The number of nitrogens with zero attached hydrogens (tertiary/aromatic N) is 1. The number of amides is 1. The average Bonchev–Trinajstić information content (AvgIpc) is 2.58. The zero-order valence-electron chi connectivity index (χ0n) is 15.5. The van der Waals surface area contributed by atoms with Crippen LogP contribution in [0.1, 0.15) is 38.7 Å². The number of rotatable bonds is 5. The summed E-state index contributed by atoms with van der Waals surface area (Å²) in [5.41, 5.74) is 0.287. The van der Waals surface area contributed by atoms with Gasteiger partial charge in [-0.1, -0.05) is 12.1 Å². The Kier molecular flexibility index (Phi) is 6.47. The quantitative estimate of drug-likeness (QED) is 0.832. The summed E-state index contributed by atoms with van der Waals surface area (Å²) in [7, 11) is 0. The van der Waals surface area contributed by atoms with Gasteiger partial charge in [-0.25, -0.2) is 4.79 Å². The summed E-state index contributed by atoms with van der Waals surface area (Å²) in [5.74, 6) is -1.18. The molecule has 0 bridgehead atoms. The van der Waals surface area contributed by atoms with Gasteiger partial charge in [0.05, 0.1) is 12.5 Å². The van der Waals surface area contributed by atoms with Crippen LogP contribution in [0.5, 0.6) is 5.75 Å². The number of hydrogen-bond acceptors (Lipinski definition) is 5. The van der Waals surface area contributed by atoms with E-state index < -0.39 is 23.6 Å². The molecule has 2 N–H and O–H groups in total. The summed E-state index contributed by atoms with van der Waals surface area (Å²) in [6.07, 6.45) is 0.0718. The molecular formula is C19H27NO6. The van der Waals surface area contributed by atoms with Crippen molar-refractivity contribution in [1.82, 2.24) is 4.90 Å². The molecule has 26 heavy (non-hydrogen) atoms. The molecule has 0 aliphatic carbocycles. The Labute approximate surface area is 153 Å². The monoisotopic (exact) mass is 365 g/mol. The fraction of sp³-hybridized carbons (Fsp3) is 0.579. The molecule has 0 unspecified atom stereocenters. The highest BCUT2D eigenvalue weighted by atomic mass is 16.6. The summed E-state index contributed by atoms with van der Waals surface area (Å²) in [6.45, 7) is 6.08. The van der Waals surface area contributed by atoms with Crippen molar-refractivity contribution in [1.29, 1.82) is 0 Å². The van der Waals surface area contributed by atoms with E-state index >= 15 is 0 Å². The highest BCUT2D eigenvalue weighted by Gasteiger charge is 2.38. The standard InChI is InChI=1S/C19H27NO6/c1-19(2,3)26-18(24)20-9-8-15(16(12-20)17(22)23)13-4-6-14(7-5-13)25-11-10-21/h4-7,15-16,21H,8-12H2,1-3H3,(H,22,23)/t15-,16+/m1/s1. The molecule has 7 nitrogen and oxygen atoms in total. The van der Waals surface area contributed by atoms with E-state index in [1.165, 1.54) is 4.90 Å². The molecule has 0 saturated carbocycles. The van der Waals surface area contributed by atoms with E-state index in [-0.39, 0.29) is 25.7 Å². The Morgan fingerprint density at radius 2 is 1.88 bits per heavy atom. The summed E-state index contributed by atoms with van der Waals surface area (Å²) < 4.78 is 10.7. The van der Waals surface area contributed by atoms with Gasteiger partial charge in [0, 0.05) is 19.0 Å². The first-order valence-electron chi connectivity index (χ1n) is 8.75. The number of likely N-dealkylation sites (tertiary alicyclic amines) is 1. The van der Waals surface area contributed by atoms with Crippen LogP contribution in [0.25, 0.3) is 0 Å². The van der Waals surface area contributed by atoms with E-state index in [1.54, 1.807) is 32.9 Å². The number of hydrogen-bond donors (Lipinski definition) is 2. The molecule has 1 saturated heterocycles. The molecule has 1 aromatic carbocycles. The third-order valence-electron chi connectivity index (χ3n) is 4.25. The van der Waals surface area contributed by atoms with Crippen LogP contribution in [0.3, 0.4) is 0 Å². The third-order valence-corrected chi connectivity index (χ3v) is 4.25. The summed E-state index contributed by atoms with van der Waals surface area (Å²) in [4.78, 5) is 25.5. The molecule has 1 amide bonds. The van der Waals surface area contributed by atoms with Crippen LogP contribution < -0.4 is 4.74 Å². The first kappa shape index (κ1) is 20.0. The Hall–Kier alpha value is -2.28. The van der Waals surface area contributed by atoms with Gasteiger partial charge in [-0.15, -0.1) is 0 Å². The number of carboxylic acid groups (broad SMARTS) is 1. The molecule has 1 aliphatic rings.